The summed E-state index contributed by atoms with van der Waals surface area (Å²) in [6, 6.07) is 11.1. The highest BCUT2D eigenvalue weighted by Crippen LogP contribution is 2.27. The zero-order valence-electron chi connectivity index (χ0n) is 12.4. The van der Waals surface area contributed by atoms with E-state index in [9.17, 15) is 9.18 Å². The predicted molar refractivity (Wildman–Crippen MR) is 91.3 cm³/mol. The molecule has 24 heavy (non-hydrogen) atoms. The van der Waals surface area contributed by atoms with Crippen molar-refractivity contribution in [2.45, 2.75) is 0 Å². The molecule has 0 spiro atoms. The molecule has 0 atom stereocenters. The quantitative estimate of drug-likeness (QED) is 0.752. The van der Waals surface area contributed by atoms with E-state index in [2.05, 4.69) is 14.9 Å². The highest BCUT2D eigenvalue weighted by atomic mass is 35.5. The Kier molecular flexibility index (Phi) is 4.73. The van der Waals surface area contributed by atoms with Crippen molar-refractivity contribution in [3.8, 4) is 17.0 Å². The zero-order chi connectivity index (χ0) is 17.1. The molecular weight excluding hydrogens is 353 g/mol. The Bertz CT molecular complexity index is 883. The van der Waals surface area contributed by atoms with E-state index in [0.717, 1.165) is 17.1 Å². The fourth-order valence-corrected chi connectivity index (χ4v) is 2.80. The molecule has 1 aromatic heterocycles. The van der Waals surface area contributed by atoms with Crippen molar-refractivity contribution in [3.05, 3.63) is 58.2 Å². The van der Waals surface area contributed by atoms with Gasteiger partial charge in [-0.2, -0.15) is 0 Å². The van der Waals surface area contributed by atoms with Gasteiger partial charge in [0.25, 0.3) is 5.91 Å². The highest BCUT2D eigenvalue weighted by molar-refractivity contribution is 7.08. The van der Waals surface area contributed by atoms with Gasteiger partial charge in [0.2, 0.25) is 0 Å². The van der Waals surface area contributed by atoms with E-state index in [1.54, 1.807) is 31.4 Å². The van der Waals surface area contributed by atoms with E-state index >= 15 is 0 Å². The smallest absolute Gasteiger partial charge is 0.269 e. The SMILES string of the molecule is COc1ccc(-c2nnsc2C(=O)Nc2ccc(F)c(Cl)c2)cc1. The molecule has 2 aromatic carbocycles. The summed E-state index contributed by atoms with van der Waals surface area (Å²) < 4.78 is 22.1. The third-order valence-corrected chi connectivity index (χ3v) is 4.25. The first kappa shape index (κ1) is 16.4. The van der Waals surface area contributed by atoms with Crippen LogP contribution in [0.2, 0.25) is 5.02 Å². The van der Waals surface area contributed by atoms with E-state index < -0.39 is 11.7 Å². The summed E-state index contributed by atoms with van der Waals surface area (Å²) in [5.74, 6) is -0.236. The van der Waals surface area contributed by atoms with Crippen LogP contribution in [0.15, 0.2) is 42.5 Å². The summed E-state index contributed by atoms with van der Waals surface area (Å²) in [6.45, 7) is 0. The minimum Gasteiger partial charge on any atom is -0.497 e. The largest absolute Gasteiger partial charge is 0.497 e. The maximum absolute atomic E-state index is 13.2. The number of anilines is 1. The van der Waals surface area contributed by atoms with Crippen molar-refractivity contribution in [1.29, 1.82) is 0 Å². The number of ether oxygens (including phenoxy) is 1. The Morgan fingerprint density at radius 3 is 2.67 bits per heavy atom. The minimum atomic E-state index is -0.548. The van der Waals surface area contributed by atoms with Gasteiger partial charge in [0.1, 0.15) is 22.1 Å². The fourth-order valence-electron chi connectivity index (χ4n) is 2.04. The van der Waals surface area contributed by atoms with E-state index in [4.69, 9.17) is 16.3 Å². The van der Waals surface area contributed by atoms with Crippen LogP contribution >= 0.6 is 23.1 Å². The summed E-state index contributed by atoms with van der Waals surface area (Å²) >= 11 is 6.70. The van der Waals surface area contributed by atoms with E-state index in [1.165, 1.54) is 18.2 Å². The number of rotatable bonds is 4. The summed E-state index contributed by atoms with van der Waals surface area (Å²) in [5, 5.41) is 6.61. The lowest BCUT2D eigenvalue weighted by Crippen LogP contribution is -2.11. The molecule has 0 saturated heterocycles. The van der Waals surface area contributed by atoms with Crippen molar-refractivity contribution in [2.75, 3.05) is 12.4 Å². The monoisotopic (exact) mass is 363 g/mol. The Morgan fingerprint density at radius 2 is 2.00 bits per heavy atom. The standard InChI is InChI=1S/C16H11ClFN3O2S/c1-23-11-5-2-9(3-6-11)14-15(24-21-20-14)16(22)19-10-4-7-13(18)12(17)8-10/h2-8H,1H3,(H,19,22). The predicted octanol–water partition coefficient (Wildman–Crippen LogP) is 4.26. The maximum Gasteiger partial charge on any atom is 0.269 e. The molecular formula is C16H11ClFN3O2S. The van der Waals surface area contributed by atoms with E-state index in [0.29, 0.717) is 22.0 Å². The Morgan fingerprint density at radius 1 is 1.25 bits per heavy atom. The number of hydrogen-bond donors (Lipinski definition) is 1. The van der Waals surface area contributed by atoms with Gasteiger partial charge in [-0.05, 0) is 54.0 Å². The van der Waals surface area contributed by atoms with Gasteiger partial charge in [0.05, 0.1) is 12.1 Å². The first-order valence-electron chi connectivity index (χ1n) is 6.81. The van der Waals surface area contributed by atoms with Crippen LogP contribution in [-0.4, -0.2) is 22.6 Å². The molecule has 8 heteroatoms. The van der Waals surface area contributed by atoms with Crippen LogP contribution < -0.4 is 10.1 Å². The molecule has 0 saturated carbocycles. The molecule has 0 aliphatic carbocycles. The van der Waals surface area contributed by atoms with Crippen LogP contribution in [0.25, 0.3) is 11.3 Å². The average molecular weight is 364 g/mol. The molecule has 0 radical (unpaired) electrons. The summed E-state index contributed by atoms with van der Waals surface area (Å²) in [7, 11) is 1.58. The van der Waals surface area contributed by atoms with E-state index in [-0.39, 0.29) is 5.02 Å². The molecule has 1 heterocycles. The lowest BCUT2D eigenvalue weighted by molar-refractivity contribution is 0.103. The number of nitrogens with one attached hydrogen (secondary N) is 1. The number of nitrogens with zero attached hydrogens (tertiary/aromatic N) is 2. The number of carbonyl (C=O) groups excluding carboxylic acids is 1. The number of hydrogen-bond acceptors (Lipinski definition) is 5. The number of amides is 1. The molecule has 0 bridgehead atoms. The van der Waals surface area contributed by atoms with Crippen LogP contribution in [0.1, 0.15) is 9.67 Å². The molecule has 0 aliphatic heterocycles. The highest BCUT2D eigenvalue weighted by Gasteiger charge is 2.18. The van der Waals surface area contributed by atoms with E-state index in [1.807, 2.05) is 0 Å². The molecule has 1 amide bonds. The second-order valence-corrected chi connectivity index (χ2v) is 5.92. The van der Waals surface area contributed by atoms with Crippen LogP contribution in [0.3, 0.4) is 0 Å². The Balaban J connectivity index is 1.85. The van der Waals surface area contributed by atoms with Crippen LogP contribution in [-0.2, 0) is 0 Å². The summed E-state index contributed by atoms with van der Waals surface area (Å²) in [4.78, 5) is 12.8. The summed E-state index contributed by atoms with van der Waals surface area (Å²) in [6.07, 6.45) is 0. The van der Waals surface area contributed by atoms with Gasteiger partial charge < -0.3 is 10.1 Å². The second kappa shape index (κ2) is 6.94. The lowest BCUT2D eigenvalue weighted by atomic mass is 10.1. The Hall–Kier alpha value is -2.51. The third-order valence-electron chi connectivity index (χ3n) is 3.24. The Labute approximate surface area is 146 Å². The van der Waals surface area contributed by atoms with Gasteiger partial charge in [0, 0.05) is 11.3 Å². The normalized spacial score (nSPS) is 10.5. The van der Waals surface area contributed by atoms with Crippen molar-refractivity contribution in [1.82, 2.24) is 9.59 Å². The van der Waals surface area contributed by atoms with Gasteiger partial charge >= 0.3 is 0 Å². The van der Waals surface area contributed by atoms with Crippen molar-refractivity contribution >= 4 is 34.7 Å². The number of halogens is 2. The second-order valence-electron chi connectivity index (χ2n) is 4.76. The number of aromatic nitrogens is 2. The van der Waals surface area contributed by atoms with Crippen molar-refractivity contribution in [3.63, 3.8) is 0 Å². The average Bonchev–Trinajstić information content (AvgIpc) is 3.08. The number of benzene rings is 2. The van der Waals surface area contributed by atoms with Gasteiger partial charge in [-0.3, -0.25) is 4.79 Å². The molecule has 5 nitrogen and oxygen atoms in total. The first-order chi connectivity index (χ1) is 11.6. The topological polar surface area (TPSA) is 64.1 Å². The molecule has 3 rings (SSSR count). The van der Waals surface area contributed by atoms with Crippen molar-refractivity contribution < 1.29 is 13.9 Å². The van der Waals surface area contributed by atoms with Crippen LogP contribution in [0, 0.1) is 5.82 Å². The van der Waals surface area contributed by atoms with Gasteiger partial charge in [-0.1, -0.05) is 16.1 Å². The molecule has 3 aromatic rings. The van der Waals surface area contributed by atoms with Gasteiger partial charge in [0.15, 0.2) is 0 Å². The minimum absolute atomic E-state index is 0.0643. The van der Waals surface area contributed by atoms with Crippen LogP contribution in [0.5, 0.6) is 5.75 Å². The van der Waals surface area contributed by atoms with Gasteiger partial charge in [-0.25, -0.2) is 4.39 Å². The van der Waals surface area contributed by atoms with Crippen molar-refractivity contribution in [2.24, 2.45) is 0 Å². The lowest BCUT2D eigenvalue weighted by Gasteiger charge is -2.06. The number of methoxy groups -OCH3 is 1. The van der Waals surface area contributed by atoms with Gasteiger partial charge in [-0.15, -0.1) is 5.10 Å². The molecule has 0 unspecified atom stereocenters. The first-order valence-corrected chi connectivity index (χ1v) is 7.97. The molecule has 122 valence electrons. The number of carbonyl (C=O) groups is 1. The zero-order valence-corrected chi connectivity index (χ0v) is 14.0. The third kappa shape index (κ3) is 3.37. The summed E-state index contributed by atoms with van der Waals surface area (Å²) in [5.41, 5.74) is 1.60. The molecule has 1 N–H and O–H groups in total. The fraction of sp³-hybridized carbons (Fsp3) is 0.0625. The molecule has 0 aliphatic rings. The maximum atomic E-state index is 13.2. The molecule has 0 fully saturated rings. The van der Waals surface area contributed by atoms with Crippen LogP contribution in [0.4, 0.5) is 10.1 Å².